The van der Waals surface area contributed by atoms with Crippen LogP contribution in [-0.2, 0) is 14.4 Å². The summed E-state index contributed by atoms with van der Waals surface area (Å²) in [4.78, 5) is 34.0. The van der Waals surface area contributed by atoms with Crippen molar-refractivity contribution in [2.75, 3.05) is 19.7 Å². The van der Waals surface area contributed by atoms with Gasteiger partial charge in [-0.15, -0.1) is 0 Å². The van der Waals surface area contributed by atoms with Gasteiger partial charge in [0.05, 0.1) is 0 Å². The highest BCUT2D eigenvalue weighted by Gasteiger charge is 2.19. The predicted octanol–water partition coefficient (Wildman–Crippen LogP) is 0.226. The van der Waals surface area contributed by atoms with Crippen LogP contribution in [0.3, 0.4) is 0 Å². The van der Waals surface area contributed by atoms with Crippen molar-refractivity contribution in [2.24, 2.45) is 5.73 Å². The molecule has 7 nitrogen and oxygen atoms in total. The molecule has 0 saturated carbocycles. The summed E-state index contributed by atoms with van der Waals surface area (Å²) in [5.41, 5.74) is 4.96. The molecule has 1 rings (SSSR count). The fourth-order valence-corrected chi connectivity index (χ4v) is 1.62. The molecule has 0 heterocycles. The number of carbonyl (C=O) groups excluding carboxylic acids is 2. The summed E-state index contributed by atoms with van der Waals surface area (Å²) < 4.78 is 6.07. The van der Waals surface area contributed by atoms with Crippen molar-refractivity contribution in [3.63, 3.8) is 0 Å². The first-order valence-electron chi connectivity index (χ1n) is 5.54. The molecule has 0 aromatic heterocycles. The number of halogens is 1. The van der Waals surface area contributed by atoms with Gasteiger partial charge in [0.25, 0.3) is 5.91 Å². The monoisotopic (exact) mass is 344 g/mol. The molecule has 20 heavy (non-hydrogen) atoms. The van der Waals surface area contributed by atoms with Crippen LogP contribution in [0.15, 0.2) is 28.7 Å². The van der Waals surface area contributed by atoms with E-state index in [1.807, 2.05) is 0 Å². The Hall–Kier alpha value is -2.09. The molecule has 0 saturated heterocycles. The van der Waals surface area contributed by atoms with Gasteiger partial charge in [-0.05, 0) is 24.3 Å². The highest BCUT2D eigenvalue weighted by Crippen LogP contribution is 2.16. The zero-order valence-corrected chi connectivity index (χ0v) is 12.0. The minimum Gasteiger partial charge on any atom is -0.484 e. The highest BCUT2D eigenvalue weighted by molar-refractivity contribution is 9.10. The van der Waals surface area contributed by atoms with Crippen LogP contribution in [0.4, 0.5) is 0 Å². The number of primary amides is 1. The third kappa shape index (κ3) is 5.70. The van der Waals surface area contributed by atoms with Crippen LogP contribution < -0.4 is 10.5 Å². The summed E-state index contributed by atoms with van der Waals surface area (Å²) in [5, 5.41) is 8.67. The van der Waals surface area contributed by atoms with Crippen molar-refractivity contribution in [1.29, 1.82) is 0 Å². The Kier molecular flexibility index (Phi) is 5.98. The first kappa shape index (κ1) is 16.0. The Balaban J connectivity index is 2.58. The molecule has 1 aromatic carbocycles. The van der Waals surface area contributed by atoms with Crippen LogP contribution in [0, 0.1) is 0 Å². The Bertz CT molecular complexity index is 487. The molecule has 8 heteroatoms. The lowest BCUT2D eigenvalue weighted by molar-refractivity contribution is -0.146. The smallest absolute Gasteiger partial charge is 0.323 e. The minimum absolute atomic E-state index is 0.373. The van der Waals surface area contributed by atoms with Crippen LogP contribution in [0.25, 0.3) is 0 Å². The van der Waals surface area contributed by atoms with E-state index in [0.29, 0.717) is 5.75 Å². The number of rotatable bonds is 7. The van der Waals surface area contributed by atoms with E-state index in [-0.39, 0.29) is 6.61 Å². The number of carboxylic acid groups (broad SMARTS) is 1. The Morgan fingerprint density at radius 2 is 1.80 bits per heavy atom. The Morgan fingerprint density at radius 3 is 2.30 bits per heavy atom. The predicted molar refractivity (Wildman–Crippen MR) is 73.0 cm³/mol. The summed E-state index contributed by atoms with van der Waals surface area (Å²) in [6.07, 6.45) is 0. The van der Waals surface area contributed by atoms with Gasteiger partial charge in [-0.3, -0.25) is 14.4 Å². The highest BCUT2D eigenvalue weighted by atomic mass is 79.9. The maximum Gasteiger partial charge on any atom is 0.323 e. The first-order valence-corrected chi connectivity index (χ1v) is 6.34. The summed E-state index contributed by atoms with van der Waals surface area (Å²) in [6, 6.07) is 6.76. The van der Waals surface area contributed by atoms with Crippen molar-refractivity contribution in [2.45, 2.75) is 0 Å². The minimum atomic E-state index is -1.23. The van der Waals surface area contributed by atoms with Crippen LogP contribution in [0.1, 0.15) is 0 Å². The van der Waals surface area contributed by atoms with Gasteiger partial charge < -0.3 is 20.5 Å². The number of benzene rings is 1. The van der Waals surface area contributed by atoms with E-state index in [1.165, 1.54) is 0 Å². The van der Waals surface area contributed by atoms with E-state index < -0.39 is 30.9 Å². The van der Waals surface area contributed by atoms with Gasteiger partial charge in [-0.2, -0.15) is 0 Å². The summed E-state index contributed by atoms with van der Waals surface area (Å²) >= 11 is 3.26. The van der Waals surface area contributed by atoms with Gasteiger partial charge in [0, 0.05) is 4.47 Å². The van der Waals surface area contributed by atoms with E-state index in [0.717, 1.165) is 9.37 Å². The molecule has 0 aliphatic rings. The van der Waals surface area contributed by atoms with Gasteiger partial charge >= 0.3 is 5.97 Å². The topological polar surface area (TPSA) is 110 Å². The molecule has 1 aromatic rings. The molecule has 0 bridgehead atoms. The lowest BCUT2D eigenvalue weighted by Gasteiger charge is -2.19. The number of amides is 2. The van der Waals surface area contributed by atoms with Crippen molar-refractivity contribution in [3.8, 4) is 5.75 Å². The van der Waals surface area contributed by atoms with Crippen LogP contribution >= 0.6 is 15.9 Å². The first-order chi connectivity index (χ1) is 9.38. The molecule has 0 atom stereocenters. The summed E-state index contributed by atoms with van der Waals surface area (Å²) in [7, 11) is 0. The van der Waals surface area contributed by atoms with Gasteiger partial charge in [0.1, 0.15) is 18.8 Å². The van der Waals surface area contributed by atoms with Crippen LogP contribution in [0.2, 0.25) is 0 Å². The molecule has 0 unspecified atom stereocenters. The maximum atomic E-state index is 11.8. The molecule has 2 amide bonds. The fraction of sp³-hybridized carbons (Fsp3) is 0.250. The van der Waals surface area contributed by atoms with Gasteiger partial charge in [0.15, 0.2) is 6.61 Å². The zero-order chi connectivity index (χ0) is 15.1. The number of aliphatic carboxylic acids is 1. The summed E-state index contributed by atoms with van der Waals surface area (Å²) in [6.45, 7) is -1.44. The number of carboxylic acids is 1. The molecule has 3 N–H and O–H groups in total. The average molecular weight is 345 g/mol. The largest absolute Gasteiger partial charge is 0.484 e. The quantitative estimate of drug-likeness (QED) is 0.735. The average Bonchev–Trinajstić information content (AvgIpc) is 2.36. The van der Waals surface area contributed by atoms with E-state index >= 15 is 0 Å². The van der Waals surface area contributed by atoms with Crippen molar-refractivity contribution in [3.05, 3.63) is 28.7 Å². The number of nitrogens with zero attached hydrogens (tertiary/aromatic N) is 1. The number of ether oxygens (including phenoxy) is 1. The second kappa shape index (κ2) is 7.49. The molecular formula is C12H13BrN2O5. The third-order valence-electron chi connectivity index (χ3n) is 2.20. The van der Waals surface area contributed by atoms with Crippen molar-refractivity contribution >= 4 is 33.7 Å². The second-order valence-electron chi connectivity index (χ2n) is 3.85. The fourth-order valence-electron chi connectivity index (χ4n) is 1.35. The van der Waals surface area contributed by atoms with Crippen molar-refractivity contribution < 1.29 is 24.2 Å². The third-order valence-corrected chi connectivity index (χ3v) is 2.73. The molecule has 0 fully saturated rings. The summed E-state index contributed by atoms with van der Waals surface area (Å²) in [5.74, 6) is -2.20. The standard InChI is InChI=1S/C12H13BrN2O5/c13-8-1-3-9(4-2-8)20-7-11(17)15(5-10(14)16)6-12(18)19/h1-4H,5-7H2,(H2,14,16)(H,18,19). The number of hydrogen-bond donors (Lipinski definition) is 2. The van der Waals surface area contributed by atoms with Gasteiger partial charge in [-0.1, -0.05) is 15.9 Å². The molecule has 0 aliphatic heterocycles. The number of nitrogens with two attached hydrogens (primary N) is 1. The van der Waals surface area contributed by atoms with Crippen LogP contribution in [-0.4, -0.2) is 47.5 Å². The van der Waals surface area contributed by atoms with Gasteiger partial charge in [0.2, 0.25) is 5.91 Å². The lowest BCUT2D eigenvalue weighted by atomic mass is 10.3. The molecule has 0 aliphatic carbocycles. The van der Waals surface area contributed by atoms with E-state index in [4.69, 9.17) is 15.6 Å². The second-order valence-corrected chi connectivity index (χ2v) is 4.77. The molecule has 0 radical (unpaired) electrons. The number of carbonyl (C=O) groups is 3. The normalized spacial score (nSPS) is 9.85. The van der Waals surface area contributed by atoms with Crippen molar-refractivity contribution in [1.82, 2.24) is 4.90 Å². The molecule has 0 spiro atoms. The number of hydrogen-bond acceptors (Lipinski definition) is 4. The van der Waals surface area contributed by atoms with E-state index in [2.05, 4.69) is 15.9 Å². The SMILES string of the molecule is NC(=O)CN(CC(=O)O)C(=O)COc1ccc(Br)cc1. The van der Waals surface area contributed by atoms with Gasteiger partial charge in [-0.25, -0.2) is 0 Å². The zero-order valence-electron chi connectivity index (χ0n) is 10.4. The molecular weight excluding hydrogens is 332 g/mol. The maximum absolute atomic E-state index is 11.8. The Morgan fingerprint density at radius 1 is 1.20 bits per heavy atom. The Labute approximate surface area is 123 Å². The lowest BCUT2D eigenvalue weighted by Crippen LogP contribution is -2.43. The van der Waals surface area contributed by atoms with Crippen LogP contribution in [0.5, 0.6) is 5.75 Å². The van der Waals surface area contributed by atoms with E-state index in [9.17, 15) is 14.4 Å². The van der Waals surface area contributed by atoms with E-state index in [1.54, 1.807) is 24.3 Å². The molecule has 108 valence electrons.